The third-order valence-electron chi connectivity index (χ3n) is 5.01. The van der Waals surface area contributed by atoms with Crippen molar-refractivity contribution < 1.29 is 5.11 Å². The normalized spacial score (nSPS) is 10.9. The van der Waals surface area contributed by atoms with Crippen LogP contribution in [0.3, 0.4) is 0 Å². The minimum absolute atomic E-state index is 0.283. The molecular formula is C25H28O. The fourth-order valence-electron chi connectivity index (χ4n) is 3.39. The first-order valence-electron chi connectivity index (χ1n) is 9.61. The van der Waals surface area contributed by atoms with Gasteiger partial charge in [0.2, 0.25) is 0 Å². The van der Waals surface area contributed by atoms with Crippen molar-refractivity contribution in [2.45, 2.75) is 39.5 Å². The first-order chi connectivity index (χ1) is 12.7. The van der Waals surface area contributed by atoms with E-state index in [9.17, 15) is 0 Å². The summed E-state index contributed by atoms with van der Waals surface area (Å²) >= 11 is 0. The maximum absolute atomic E-state index is 8.91. The number of aliphatic hydroxyl groups excluding tert-OH is 1. The van der Waals surface area contributed by atoms with Gasteiger partial charge in [-0.25, -0.2) is 0 Å². The largest absolute Gasteiger partial charge is 0.396 e. The molecular weight excluding hydrogens is 316 g/mol. The average molecular weight is 344 g/mol. The zero-order valence-corrected chi connectivity index (χ0v) is 15.8. The number of hydrogen-bond donors (Lipinski definition) is 1. The van der Waals surface area contributed by atoms with Crippen LogP contribution in [-0.2, 0) is 12.8 Å². The van der Waals surface area contributed by atoms with Gasteiger partial charge in [-0.1, -0.05) is 79.2 Å². The van der Waals surface area contributed by atoms with E-state index in [1.165, 1.54) is 38.9 Å². The van der Waals surface area contributed by atoms with Gasteiger partial charge in [0, 0.05) is 6.61 Å². The molecule has 0 spiro atoms. The van der Waals surface area contributed by atoms with Crippen LogP contribution in [0, 0.1) is 6.92 Å². The number of aryl methyl sites for hydroxylation is 3. The van der Waals surface area contributed by atoms with E-state index in [4.69, 9.17) is 5.11 Å². The van der Waals surface area contributed by atoms with Gasteiger partial charge in [-0.3, -0.25) is 0 Å². The lowest BCUT2D eigenvalue weighted by Crippen LogP contribution is -1.92. The number of aliphatic hydroxyl groups is 1. The van der Waals surface area contributed by atoms with Crippen LogP contribution in [0.25, 0.3) is 22.3 Å². The minimum Gasteiger partial charge on any atom is -0.396 e. The SMILES string of the molecule is CCc1cc(-c2ccc(C)cc2)ccc1-c1ccc(CCCCO)cc1. The summed E-state index contributed by atoms with van der Waals surface area (Å²) in [5.41, 5.74) is 9.18. The van der Waals surface area contributed by atoms with Crippen molar-refractivity contribution in [1.82, 2.24) is 0 Å². The van der Waals surface area contributed by atoms with Crippen molar-refractivity contribution in [2.24, 2.45) is 0 Å². The second-order valence-electron chi connectivity index (χ2n) is 6.97. The van der Waals surface area contributed by atoms with Gasteiger partial charge in [0.15, 0.2) is 0 Å². The molecule has 0 saturated heterocycles. The van der Waals surface area contributed by atoms with Crippen molar-refractivity contribution >= 4 is 0 Å². The molecule has 0 aliphatic heterocycles. The summed E-state index contributed by atoms with van der Waals surface area (Å²) in [7, 11) is 0. The van der Waals surface area contributed by atoms with Crippen molar-refractivity contribution in [1.29, 1.82) is 0 Å². The van der Waals surface area contributed by atoms with Gasteiger partial charge in [0.1, 0.15) is 0 Å². The Kier molecular flexibility index (Phi) is 6.25. The van der Waals surface area contributed by atoms with E-state index >= 15 is 0 Å². The fraction of sp³-hybridized carbons (Fsp3) is 0.280. The molecule has 1 heteroatoms. The number of unbranched alkanes of at least 4 members (excludes halogenated alkanes) is 1. The van der Waals surface area contributed by atoms with Gasteiger partial charge < -0.3 is 5.11 Å². The minimum atomic E-state index is 0.283. The Balaban J connectivity index is 1.84. The Labute approximate surface area is 157 Å². The molecule has 0 radical (unpaired) electrons. The summed E-state index contributed by atoms with van der Waals surface area (Å²) in [6.07, 6.45) is 3.98. The van der Waals surface area contributed by atoms with E-state index in [0.717, 1.165) is 25.7 Å². The first kappa shape index (κ1) is 18.4. The van der Waals surface area contributed by atoms with Crippen LogP contribution in [0.2, 0.25) is 0 Å². The van der Waals surface area contributed by atoms with Crippen LogP contribution in [0.5, 0.6) is 0 Å². The van der Waals surface area contributed by atoms with Gasteiger partial charge >= 0.3 is 0 Å². The van der Waals surface area contributed by atoms with Crippen molar-refractivity contribution in [3.63, 3.8) is 0 Å². The monoisotopic (exact) mass is 344 g/mol. The van der Waals surface area contributed by atoms with Crippen LogP contribution in [0.4, 0.5) is 0 Å². The van der Waals surface area contributed by atoms with E-state index < -0.39 is 0 Å². The summed E-state index contributed by atoms with van der Waals surface area (Å²) in [6, 6.07) is 24.5. The second-order valence-corrected chi connectivity index (χ2v) is 6.97. The highest BCUT2D eigenvalue weighted by molar-refractivity contribution is 5.74. The summed E-state index contributed by atoms with van der Waals surface area (Å²) in [5, 5.41) is 8.91. The smallest absolute Gasteiger partial charge is 0.0431 e. The van der Waals surface area contributed by atoms with Gasteiger partial charge in [0.25, 0.3) is 0 Å². The van der Waals surface area contributed by atoms with Crippen molar-refractivity contribution in [3.05, 3.63) is 83.4 Å². The zero-order chi connectivity index (χ0) is 18.4. The lowest BCUT2D eigenvalue weighted by molar-refractivity contribution is 0.284. The topological polar surface area (TPSA) is 20.2 Å². The maximum Gasteiger partial charge on any atom is 0.0431 e. The Morgan fingerprint density at radius 3 is 2.04 bits per heavy atom. The Morgan fingerprint density at radius 2 is 1.38 bits per heavy atom. The van der Waals surface area contributed by atoms with E-state index in [0.29, 0.717) is 0 Å². The molecule has 1 nitrogen and oxygen atoms in total. The Morgan fingerprint density at radius 1 is 0.731 bits per heavy atom. The summed E-state index contributed by atoms with van der Waals surface area (Å²) in [5.74, 6) is 0. The molecule has 0 saturated carbocycles. The molecule has 1 N–H and O–H groups in total. The zero-order valence-electron chi connectivity index (χ0n) is 15.8. The Bertz CT molecular complexity index is 829. The fourth-order valence-corrected chi connectivity index (χ4v) is 3.39. The molecule has 0 fully saturated rings. The molecule has 3 aromatic rings. The molecule has 0 unspecified atom stereocenters. The van der Waals surface area contributed by atoms with Crippen LogP contribution in [-0.4, -0.2) is 11.7 Å². The lowest BCUT2D eigenvalue weighted by atomic mass is 9.93. The molecule has 0 heterocycles. The molecule has 134 valence electrons. The van der Waals surface area contributed by atoms with E-state index in [1.807, 2.05) is 0 Å². The molecule has 0 aromatic heterocycles. The van der Waals surface area contributed by atoms with Gasteiger partial charge in [0.05, 0.1) is 0 Å². The molecule has 0 atom stereocenters. The molecule has 3 aromatic carbocycles. The van der Waals surface area contributed by atoms with Gasteiger partial charge in [-0.2, -0.15) is 0 Å². The first-order valence-corrected chi connectivity index (χ1v) is 9.61. The third-order valence-corrected chi connectivity index (χ3v) is 5.01. The second kappa shape index (κ2) is 8.82. The van der Waals surface area contributed by atoms with E-state index in [1.54, 1.807) is 0 Å². The van der Waals surface area contributed by atoms with Crippen LogP contribution in [0.1, 0.15) is 36.5 Å². The van der Waals surface area contributed by atoms with Crippen LogP contribution < -0.4 is 0 Å². The highest BCUT2D eigenvalue weighted by Gasteiger charge is 2.07. The average Bonchev–Trinajstić information content (AvgIpc) is 2.69. The van der Waals surface area contributed by atoms with Crippen LogP contribution in [0.15, 0.2) is 66.7 Å². The molecule has 0 bridgehead atoms. The van der Waals surface area contributed by atoms with E-state index in [-0.39, 0.29) is 6.61 Å². The third kappa shape index (κ3) is 4.42. The highest BCUT2D eigenvalue weighted by Crippen LogP contribution is 2.30. The standard InChI is InChI=1S/C25H28O/c1-3-21-18-24(22-11-7-19(2)8-12-22)15-16-25(21)23-13-9-20(10-14-23)6-4-5-17-26/h7-16,18,26H,3-6,17H2,1-2H3. The van der Waals surface area contributed by atoms with Crippen molar-refractivity contribution in [2.75, 3.05) is 6.61 Å². The maximum atomic E-state index is 8.91. The van der Waals surface area contributed by atoms with Crippen LogP contribution >= 0.6 is 0 Å². The van der Waals surface area contributed by atoms with Gasteiger partial charge in [-0.15, -0.1) is 0 Å². The molecule has 0 aliphatic rings. The molecule has 26 heavy (non-hydrogen) atoms. The lowest BCUT2D eigenvalue weighted by Gasteiger charge is -2.12. The quantitative estimate of drug-likeness (QED) is 0.505. The number of hydrogen-bond acceptors (Lipinski definition) is 1. The molecule has 0 amide bonds. The number of rotatable bonds is 7. The molecule has 3 rings (SSSR count). The predicted molar refractivity (Wildman–Crippen MR) is 111 cm³/mol. The summed E-state index contributed by atoms with van der Waals surface area (Å²) in [6.45, 7) is 4.63. The Hall–Kier alpha value is -2.38. The predicted octanol–water partition coefficient (Wildman–Crippen LogP) is 6.21. The van der Waals surface area contributed by atoms with Crippen molar-refractivity contribution in [3.8, 4) is 22.3 Å². The number of benzene rings is 3. The summed E-state index contributed by atoms with van der Waals surface area (Å²) < 4.78 is 0. The summed E-state index contributed by atoms with van der Waals surface area (Å²) in [4.78, 5) is 0. The molecule has 0 aliphatic carbocycles. The highest BCUT2D eigenvalue weighted by atomic mass is 16.2. The van der Waals surface area contributed by atoms with Gasteiger partial charge in [-0.05, 0) is 66.0 Å². The van der Waals surface area contributed by atoms with E-state index in [2.05, 4.69) is 80.6 Å².